The van der Waals surface area contributed by atoms with E-state index in [-0.39, 0.29) is 11.8 Å². The van der Waals surface area contributed by atoms with Crippen molar-refractivity contribution in [2.45, 2.75) is 44.1 Å². The third-order valence-corrected chi connectivity index (χ3v) is 4.95. The minimum Gasteiger partial charge on any atom is -0.481 e. The van der Waals surface area contributed by atoms with E-state index in [1.165, 1.54) is 12.8 Å². The fourth-order valence-corrected chi connectivity index (χ4v) is 3.96. The molecule has 0 bridgehead atoms. The van der Waals surface area contributed by atoms with E-state index in [4.69, 9.17) is 0 Å². The van der Waals surface area contributed by atoms with E-state index in [1.807, 2.05) is 18.2 Å². The Balaban J connectivity index is 2.05. The van der Waals surface area contributed by atoms with Gasteiger partial charge in [-0.1, -0.05) is 35.2 Å². The molecule has 1 aromatic carbocycles. The lowest BCUT2D eigenvalue weighted by Gasteiger charge is -2.38. The van der Waals surface area contributed by atoms with Gasteiger partial charge in [-0.25, -0.2) is 0 Å². The molecule has 19 heavy (non-hydrogen) atoms. The van der Waals surface area contributed by atoms with Gasteiger partial charge in [0.1, 0.15) is 0 Å². The predicted octanol–water partition coefficient (Wildman–Crippen LogP) is 3.99. The summed E-state index contributed by atoms with van der Waals surface area (Å²) in [7, 11) is 0. The summed E-state index contributed by atoms with van der Waals surface area (Å²) in [6.45, 7) is 0. The fraction of sp³-hybridized carbons (Fsp3) is 0.533. The molecule has 0 saturated heterocycles. The van der Waals surface area contributed by atoms with Crippen molar-refractivity contribution in [1.82, 2.24) is 0 Å². The molecule has 1 fully saturated rings. The summed E-state index contributed by atoms with van der Waals surface area (Å²) in [4.78, 5) is 11.8. The molecular formula is C15H18BrNO2. The van der Waals surface area contributed by atoms with Crippen molar-refractivity contribution in [2.75, 3.05) is 5.32 Å². The van der Waals surface area contributed by atoms with Crippen LogP contribution < -0.4 is 5.32 Å². The van der Waals surface area contributed by atoms with Gasteiger partial charge in [-0.15, -0.1) is 0 Å². The number of aliphatic carboxylic acids is 1. The minimum absolute atomic E-state index is 0.224. The molecule has 0 spiro atoms. The van der Waals surface area contributed by atoms with E-state index in [9.17, 15) is 9.90 Å². The number of carboxylic acid groups (broad SMARTS) is 1. The first-order valence-corrected chi connectivity index (χ1v) is 7.75. The summed E-state index contributed by atoms with van der Waals surface area (Å²) >= 11 is 3.45. The molecule has 3 unspecified atom stereocenters. The van der Waals surface area contributed by atoms with Crippen LogP contribution in [0.25, 0.3) is 0 Å². The fourth-order valence-electron chi connectivity index (χ4n) is 3.58. The summed E-state index contributed by atoms with van der Waals surface area (Å²) < 4.78 is 0.950. The van der Waals surface area contributed by atoms with E-state index in [0.717, 1.165) is 35.0 Å². The number of carbonyl (C=O) groups is 1. The summed E-state index contributed by atoms with van der Waals surface area (Å²) in [5.74, 6) is -0.823. The molecule has 2 N–H and O–H groups in total. The molecule has 2 aliphatic rings. The predicted molar refractivity (Wildman–Crippen MR) is 78.5 cm³/mol. The smallest absolute Gasteiger partial charge is 0.311 e. The van der Waals surface area contributed by atoms with Crippen molar-refractivity contribution in [3.8, 4) is 0 Å². The second-order valence-corrected chi connectivity index (χ2v) is 6.52. The Morgan fingerprint density at radius 1 is 1.26 bits per heavy atom. The molecule has 3 nitrogen and oxygen atoms in total. The van der Waals surface area contributed by atoms with E-state index in [0.29, 0.717) is 6.04 Å². The van der Waals surface area contributed by atoms with Crippen molar-refractivity contribution in [3.63, 3.8) is 0 Å². The molecule has 4 heteroatoms. The van der Waals surface area contributed by atoms with Crippen LogP contribution in [-0.2, 0) is 4.79 Å². The molecule has 1 aromatic rings. The first-order chi connectivity index (χ1) is 9.16. The van der Waals surface area contributed by atoms with Crippen LogP contribution in [0.15, 0.2) is 22.7 Å². The Morgan fingerprint density at radius 2 is 2.05 bits per heavy atom. The highest BCUT2D eigenvalue weighted by Crippen LogP contribution is 2.44. The number of anilines is 1. The van der Waals surface area contributed by atoms with Crippen molar-refractivity contribution >= 4 is 27.6 Å². The van der Waals surface area contributed by atoms with Crippen LogP contribution in [0.2, 0.25) is 0 Å². The van der Waals surface area contributed by atoms with Gasteiger partial charge in [0.25, 0.3) is 0 Å². The van der Waals surface area contributed by atoms with Crippen LogP contribution in [0.1, 0.15) is 43.6 Å². The van der Waals surface area contributed by atoms with Gasteiger partial charge in [0.2, 0.25) is 0 Å². The van der Waals surface area contributed by atoms with Crippen molar-refractivity contribution in [1.29, 1.82) is 0 Å². The molecule has 1 heterocycles. The number of carboxylic acids is 1. The van der Waals surface area contributed by atoms with Gasteiger partial charge in [0, 0.05) is 16.2 Å². The van der Waals surface area contributed by atoms with Gasteiger partial charge in [-0.05, 0) is 42.5 Å². The van der Waals surface area contributed by atoms with Crippen LogP contribution in [-0.4, -0.2) is 17.1 Å². The number of fused-ring (bicyclic) bond motifs is 2. The average molecular weight is 324 g/mol. The lowest BCUT2D eigenvalue weighted by atomic mass is 9.75. The summed E-state index contributed by atoms with van der Waals surface area (Å²) in [6, 6.07) is 6.25. The third kappa shape index (κ3) is 2.38. The van der Waals surface area contributed by atoms with Crippen LogP contribution >= 0.6 is 15.9 Å². The lowest BCUT2D eigenvalue weighted by molar-refractivity contribution is -0.140. The second-order valence-electron chi connectivity index (χ2n) is 5.60. The number of rotatable bonds is 1. The Labute approximate surface area is 121 Å². The van der Waals surface area contributed by atoms with E-state index >= 15 is 0 Å². The monoisotopic (exact) mass is 323 g/mol. The number of hydrogen-bond acceptors (Lipinski definition) is 2. The number of hydrogen-bond donors (Lipinski definition) is 2. The second kappa shape index (κ2) is 5.16. The van der Waals surface area contributed by atoms with Crippen LogP contribution in [0, 0.1) is 5.92 Å². The molecule has 1 aliphatic heterocycles. The number of benzene rings is 1. The van der Waals surface area contributed by atoms with Gasteiger partial charge in [-0.3, -0.25) is 4.79 Å². The molecule has 0 aromatic heterocycles. The van der Waals surface area contributed by atoms with Crippen LogP contribution in [0.3, 0.4) is 0 Å². The zero-order valence-corrected chi connectivity index (χ0v) is 12.3. The molecular weight excluding hydrogens is 306 g/mol. The van der Waals surface area contributed by atoms with E-state index < -0.39 is 5.97 Å². The quantitative estimate of drug-likeness (QED) is 0.821. The zero-order valence-electron chi connectivity index (χ0n) is 10.7. The Hall–Kier alpha value is -1.03. The Morgan fingerprint density at radius 3 is 2.84 bits per heavy atom. The van der Waals surface area contributed by atoms with Crippen LogP contribution in [0.5, 0.6) is 0 Å². The zero-order chi connectivity index (χ0) is 13.4. The molecule has 1 aliphatic carbocycles. The van der Waals surface area contributed by atoms with Gasteiger partial charge in [0.15, 0.2) is 0 Å². The third-order valence-electron chi connectivity index (χ3n) is 4.45. The Kier molecular flexibility index (Phi) is 3.52. The summed E-state index contributed by atoms with van der Waals surface area (Å²) in [5.41, 5.74) is 1.93. The van der Waals surface area contributed by atoms with Crippen LogP contribution in [0.4, 0.5) is 5.69 Å². The molecule has 0 amide bonds. The number of nitrogens with one attached hydrogen (secondary N) is 1. The minimum atomic E-state index is -0.683. The van der Waals surface area contributed by atoms with Gasteiger partial charge >= 0.3 is 5.97 Å². The van der Waals surface area contributed by atoms with Crippen molar-refractivity contribution in [3.05, 3.63) is 28.2 Å². The molecule has 0 radical (unpaired) electrons. The average Bonchev–Trinajstić information content (AvgIpc) is 2.60. The molecule has 3 atom stereocenters. The van der Waals surface area contributed by atoms with Crippen molar-refractivity contribution in [2.24, 2.45) is 5.92 Å². The number of halogens is 1. The maximum absolute atomic E-state index is 11.8. The highest BCUT2D eigenvalue weighted by atomic mass is 79.9. The lowest BCUT2D eigenvalue weighted by Crippen LogP contribution is -2.40. The van der Waals surface area contributed by atoms with Crippen molar-refractivity contribution < 1.29 is 9.90 Å². The molecule has 102 valence electrons. The molecule has 3 rings (SSSR count). The summed E-state index contributed by atoms with van der Waals surface area (Å²) in [6.07, 6.45) is 5.67. The maximum Gasteiger partial charge on any atom is 0.311 e. The largest absolute Gasteiger partial charge is 0.481 e. The van der Waals surface area contributed by atoms with E-state index in [1.54, 1.807) is 0 Å². The SMILES string of the molecule is O=C(O)C1c2cc(Br)ccc2NC2CCCCCC21. The highest BCUT2D eigenvalue weighted by molar-refractivity contribution is 9.10. The van der Waals surface area contributed by atoms with Gasteiger partial charge < -0.3 is 10.4 Å². The summed E-state index contributed by atoms with van der Waals surface area (Å²) in [5, 5.41) is 13.2. The van der Waals surface area contributed by atoms with Gasteiger partial charge in [0.05, 0.1) is 5.92 Å². The van der Waals surface area contributed by atoms with Gasteiger partial charge in [-0.2, -0.15) is 0 Å². The maximum atomic E-state index is 11.8. The first-order valence-electron chi connectivity index (χ1n) is 6.95. The topological polar surface area (TPSA) is 49.3 Å². The first kappa shape index (κ1) is 13.0. The molecule has 1 saturated carbocycles. The normalized spacial score (nSPS) is 29.6. The Bertz CT molecular complexity index is 503. The standard InChI is InChI=1S/C15H18BrNO2/c16-9-6-7-13-11(8-9)14(15(18)19)10-4-2-1-3-5-12(10)17-13/h6-8,10,12,14,17H,1-5H2,(H,18,19). The highest BCUT2D eigenvalue weighted by Gasteiger charge is 2.40. The van der Waals surface area contributed by atoms with E-state index in [2.05, 4.69) is 21.2 Å².